The Morgan fingerprint density at radius 2 is 1.36 bits per heavy atom. The zero-order valence-electron chi connectivity index (χ0n) is 13.1. The Labute approximate surface area is 149 Å². The molecule has 0 atom stereocenters. The molecule has 0 fully saturated rings. The van der Waals surface area contributed by atoms with E-state index in [4.69, 9.17) is 11.6 Å². The van der Waals surface area contributed by atoms with Gasteiger partial charge in [0.2, 0.25) is 0 Å². The molecule has 0 bridgehead atoms. The van der Waals surface area contributed by atoms with Crippen molar-refractivity contribution in [2.75, 3.05) is 6.26 Å². The van der Waals surface area contributed by atoms with E-state index < -0.39 is 21.5 Å². The van der Waals surface area contributed by atoms with E-state index in [0.29, 0.717) is 27.3 Å². The summed E-state index contributed by atoms with van der Waals surface area (Å²) in [6.45, 7) is 0. The van der Waals surface area contributed by atoms with E-state index >= 15 is 0 Å². The summed E-state index contributed by atoms with van der Waals surface area (Å²) in [6.07, 6.45) is 1.11. The normalized spacial score (nSPS) is 11.5. The summed E-state index contributed by atoms with van der Waals surface area (Å²) in [5.41, 5.74) is 2.12. The van der Waals surface area contributed by atoms with Gasteiger partial charge in [-0.3, -0.25) is 0 Å². The van der Waals surface area contributed by atoms with Crippen molar-refractivity contribution in [1.29, 1.82) is 0 Å². The van der Waals surface area contributed by atoms with Crippen LogP contribution in [0.3, 0.4) is 0 Å². The summed E-state index contributed by atoms with van der Waals surface area (Å²) in [5, 5.41) is 0.473. The Balaban J connectivity index is 2.20. The lowest BCUT2D eigenvalue weighted by Gasteiger charge is -2.12. The molecule has 0 aliphatic rings. The molecule has 0 saturated heterocycles. The van der Waals surface area contributed by atoms with E-state index in [1.807, 2.05) is 0 Å². The number of sulfone groups is 1. The fourth-order valence-electron chi connectivity index (χ4n) is 2.56. The van der Waals surface area contributed by atoms with Gasteiger partial charge in [0.25, 0.3) is 0 Å². The first kappa shape index (κ1) is 17.6. The van der Waals surface area contributed by atoms with Gasteiger partial charge in [0.15, 0.2) is 21.5 Å². The maximum absolute atomic E-state index is 13.8. The van der Waals surface area contributed by atoms with Gasteiger partial charge in [0.05, 0.1) is 4.90 Å². The van der Waals surface area contributed by atoms with Gasteiger partial charge in [-0.1, -0.05) is 35.9 Å². The largest absolute Gasteiger partial charge is 0.224 e. The molecule has 0 unspecified atom stereocenters. The van der Waals surface area contributed by atoms with Gasteiger partial charge in [-0.25, -0.2) is 17.2 Å². The topological polar surface area (TPSA) is 34.1 Å². The molecular formula is C19H13ClF2O2S. The Hall–Kier alpha value is -2.24. The summed E-state index contributed by atoms with van der Waals surface area (Å²) in [4.78, 5) is 0.156. The summed E-state index contributed by atoms with van der Waals surface area (Å²) in [7, 11) is -3.34. The van der Waals surface area contributed by atoms with E-state index in [1.165, 1.54) is 12.1 Å². The van der Waals surface area contributed by atoms with E-state index in [0.717, 1.165) is 18.4 Å². The molecule has 2 nitrogen and oxygen atoms in total. The number of hydrogen-bond donors (Lipinski definition) is 0. The molecule has 0 radical (unpaired) electrons. The molecule has 3 rings (SSSR count). The van der Waals surface area contributed by atoms with Crippen LogP contribution in [0.1, 0.15) is 0 Å². The van der Waals surface area contributed by atoms with Crippen LogP contribution in [0.4, 0.5) is 8.78 Å². The fourth-order valence-corrected chi connectivity index (χ4v) is 3.38. The van der Waals surface area contributed by atoms with Gasteiger partial charge in [0, 0.05) is 11.3 Å². The van der Waals surface area contributed by atoms with Crippen LogP contribution < -0.4 is 0 Å². The standard InChI is InChI=1S/C19H13ClF2O2S/c1-25(23,24)15-7-5-12(6-8-15)16-10-18(21)19(22)11-17(16)13-3-2-4-14(20)9-13/h2-11H,1H3. The van der Waals surface area contributed by atoms with Crippen LogP contribution in [-0.2, 0) is 9.84 Å². The third-order valence-corrected chi connectivity index (χ3v) is 5.15. The molecule has 0 saturated carbocycles. The first-order valence-corrected chi connectivity index (χ1v) is 9.58. The molecule has 3 aromatic carbocycles. The Bertz CT molecular complexity index is 1050. The molecule has 0 heterocycles. The van der Waals surface area contributed by atoms with E-state index in [-0.39, 0.29) is 4.90 Å². The van der Waals surface area contributed by atoms with Crippen LogP contribution in [-0.4, -0.2) is 14.7 Å². The first-order chi connectivity index (χ1) is 11.8. The summed E-state index contributed by atoms with van der Waals surface area (Å²) >= 11 is 6.00. The lowest BCUT2D eigenvalue weighted by atomic mass is 9.94. The molecule has 25 heavy (non-hydrogen) atoms. The predicted molar refractivity (Wildman–Crippen MR) is 95.3 cm³/mol. The van der Waals surface area contributed by atoms with Crippen molar-refractivity contribution >= 4 is 21.4 Å². The highest BCUT2D eigenvalue weighted by molar-refractivity contribution is 7.90. The van der Waals surface area contributed by atoms with Crippen molar-refractivity contribution in [3.05, 3.63) is 77.3 Å². The molecule has 0 aliphatic carbocycles. The van der Waals surface area contributed by atoms with Gasteiger partial charge in [-0.2, -0.15) is 0 Å². The van der Waals surface area contributed by atoms with Crippen LogP contribution in [0.25, 0.3) is 22.3 Å². The second-order valence-corrected chi connectivity index (χ2v) is 8.07. The molecule has 0 aliphatic heterocycles. The molecule has 0 N–H and O–H groups in total. The van der Waals surface area contributed by atoms with Crippen molar-refractivity contribution in [3.8, 4) is 22.3 Å². The molecule has 6 heteroatoms. The highest BCUT2D eigenvalue weighted by atomic mass is 35.5. The van der Waals surface area contributed by atoms with Gasteiger partial charge in [-0.15, -0.1) is 0 Å². The summed E-state index contributed by atoms with van der Waals surface area (Å²) in [6, 6.07) is 15.0. The minimum absolute atomic E-state index is 0.156. The van der Waals surface area contributed by atoms with Gasteiger partial charge < -0.3 is 0 Å². The van der Waals surface area contributed by atoms with Crippen molar-refractivity contribution in [2.24, 2.45) is 0 Å². The van der Waals surface area contributed by atoms with Crippen LogP contribution in [0, 0.1) is 11.6 Å². The van der Waals surface area contributed by atoms with Gasteiger partial charge in [0.1, 0.15) is 0 Å². The average Bonchev–Trinajstić information content (AvgIpc) is 2.56. The number of halogens is 3. The number of benzene rings is 3. The highest BCUT2D eigenvalue weighted by Gasteiger charge is 2.14. The third-order valence-electron chi connectivity index (χ3n) is 3.79. The van der Waals surface area contributed by atoms with Crippen molar-refractivity contribution in [1.82, 2.24) is 0 Å². The smallest absolute Gasteiger partial charge is 0.175 e. The second kappa shape index (κ2) is 6.58. The Morgan fingerprint density at radius 3 is 1.88 bits per heavy atom. The first-order valence-electron chi connectivity index (χ1n) is 7.31. The fraction of sp³-hybridized carbons (Fsp3) is 0.0526. The molecule has 0 spiro atoms. The zero-order chi connectivity index (χ0) is 18.2. The minimum Gasteiger partial charge on any atom is -0.224 e. The predicted octanol–water partition coefficient (Wildman–Crippen LogP) is 5.36. The molecule has 3 aromatic rings. The van der Waals surface area contributed by atoms with Crippen molar-refractivity contribution in [2.45, 2.75) is 4.90 Å². The minimum atomic E-state index is -3.34. The molecule has 0 amide bonds. The molecule has 128 valence electrons. The molecular weight excluding hydrogens is 366 g/mol. The lowest BCUT2D eigenvalue weighted by Crippen LogP contribution is -1.97. The molecule has 0 aromatic heterocycles. The second-order valence-electron chi connectivity index (χ2n) is 5.62. The van der Waals surface area contributed by atoms with E-state index in [1.54, 1.807) is 36.4 Å². The zero-order valence-corrected chi connectivity index (χ0v) is 14.7. The third kappa shape index (κ3) is 3.72. The quantitative estimate of drug-likeness (QED) is 0.615. The van der Waals surface area contributed by atoms with Crippen LogP contribution in [0.2, 0.25) is 5.02 Å². The van der Waals surface area contributed by atoms with Crippen LogP contribution >= 0.6 is 11.6 Å². The SMILES string of the molecule is CS(=O)(=O)c1ccc(-c2cc(F)c(F)cc2-c2cccc(Cl)c2)cc1. The number of rotatable bonds is 3. The van der Waals surface area contributed by atoms with Crippen molar-refractivity contribution in [3.63, 3.8) is 0 Å². The highest BCUT2D eigenvalue weighted by Crippen LogP contribution is 2.35. The maximum atomic E-state index is 13.8. The summed E-state index contributed by atoms with van der Waals surface area (Å²) in [5.74, 6) is -1.94. The van der Waals surface area contributed by atoms with E-state index in [2.05, 4.69) is 0 Å². The average molecular weight is 379 g/mol. The lowest BCUT2D eigenvalue weighted by molar-refractivity contribution is 0.509. The van der Waals surface area contributed by atoms with Crippen LogP contribution in [0.15, 0.2) is 65.6 Å². The van der Waals surface area contributed by atoms with Crippen LogP contribution in [0.5, 0.6) is 0 Å². The maximum Gasteiger partial charge on any atom is 0.175 e. The van der Waals surface area contributed by atoms with Gasteiger partial charge in [-0.05, 0) is 58.7 Å². The van der Waals surface area contributed by atoms with Crippen molar-refractivity contribution < 1.29 is 17.2 Å². The summed E-state index contributed by atoms with van der Waals surface area (Å²) < 4.78 is 50.8. The van der Waals surface area contributed by atoms with E-state index in [9.17, 15) is 17.2 Å². The Morgan fingerprint density at radius 1 is 0.800 bits per heavy atom. The Kier molecular flexibility index (Phi) is 4.62. The van der Waals surface area contributed by atoms with Gasteiger partial charge >= 0.3 is 0 Å². The monoisotopic (exact) mass is 378 g/mol. The number of hydrogen-bond acceptors (Lipinski definition) is 2.